The van der Waals surface area contributed by atoms with Crippen molar-refractivity contribution in [3.8, 4) is 0 Å². The number of anilines is 1. The van der Waals surface area contributed by atoms with E-state index < -0.39 is 30.9 Å². The van der Waals surface area contributed by atoms with Gasteiger partial charge in [0.25, 0.3) is 0 Å². The van der Waals surface area contributed by atoms with E-state index >= 15 is 0 Å². The number of halogens is 3. The lowest BCUT2D eigenvalue weighted by Crippen LogP contribution is -2.46. The second-order valence-corrected chi connectivity index (χ2v) is 7.95. The monoisotopic (exact) mass is 497 g/mol. The van der Waals surface area contributed by atoms with Crippen molar-refractivity contribution >= 4 is 29.1 Å². The van der Waals surface area contributed by atoms with Gasteiger partial charge in [0.05, 0.1) is 17.3 Å². The first kappa shape index (κ1) is 24.9. The van der Waals surface area contributed by atoms with Gasteiger partial charge in [0.15, 0.2) is 6.23 Å². The second kappa shape index (κ2) is 10.6. The fraction of sp³-hybridized carbons (Fsp3) is 0.192. The molecule has 0 radical (unpaired) electrons. The maximum atomic E-state index is 12.3. The van der Waals surface area contributed by atoms with Gasteiger partial charge in [0, 0.05) is 12.1 Å². The maximum absolute atomic E-state index is 12.3. The number of para-hydroxylation sites is 2. The van der Waals surface area contributed by atoms with Crippen LogP contribution in [0.5, 0.6) is 0 Å². The van der Waals surface area contributed by atoms with Gasteiger partial charge in [0.2, 0.25) is 0 Å². The fourth-order valence-electron chi connectivity index (χ4n) is 3.69. The van der Waals surface area contributed by atoms with Gasteiger partial charge < -0.3 is 14.4 Å². The molecule has 1 aliphatic heterocycles. The molecule has 0 spiro atoms. The van der Waals surface area contributed by atoms with Gasteiger partial charge in [-0.15, -0.1) is 0 Å². The first-order valence-corrected chi connectivity index (χ1v) is 11.0. The van der Waals surface area contributed by atoms with E-state index in [0.717, 1.165) is 22.8 Å². The van der Waals surface area contributed by atoms with Gasteiger partial charge >= 0.3 is 18.1 Å². The molecule has 1 heterocycles. The Kier molecular flexibility index (Phi) is 7.35. The lowest BCUT2D eigenvalue weighted by atomic mass is 9.91. The molecule has 0 saturated carbocycles. The van der Waals surface area contributed by atoms with E-state index in [-0.39, 0.29) is 11.6 Å². The molecule has 0 bridgehead atoms. The zero-order chi connectivity index (χ0) is 25.7. The number of ether oxygens (including phenoxy) is 2. The van der Waals surface area contributed by atoms with Gasteiger partial charge in [0.1, 0.15) is 12.4 Å². The van der Waals surface area contributed by atoms with Crippen LogP contribution in [0, 0.1) is 0 Å². The van der Waals surface area contributed by atoms with E-state index in [1.165, 1.54) is 0 Å². The Morgan fingerprint density at radius 2 is 1.58 bits per heavy atom. The summed E-state index contributed by atoms with van der Waals surface area (Å²) in [5.41, 5.74) is 8.24. The van der Waals surface area contributed by atoms with Crippen molar-refractivity contribution in [2.45, 2.75) is 24.9 Å². The van der Waals surface area contributed by atoms with Crippen LogP contribution in [0.15, 0.2) is 89.9 Å². The van der Waals surface area contributed by atoms with Crippen LogP contribution in [-0.2, 0) is 14.3 Å². The summed E-state index contributed by atoms with van der Waals surface area (Å²) < 4.78 is 45.6. The predicted molar refractivity (Wildman–Crippen MR) is 127 cm³/mol. The van der Waals surface area contributed by atoms with Gasteiger partial charge in [-0.25, -0.2) is 14.6 Å². The quantitative estimate of drug-likeness (QED) is 0.368. The molecular weight excluding hydrogens is 475 g/mol. The number of carbonyl (C=O) groups excluding carboxylic acids is 2. The number of rotatable bonds is 7. The number of carbonyl (C=O) groups is 2. The number of benzene rings is 3. The highest BCUT2D eigenvalue weighted by Gasteiger charge is 2.42. The van der Waals surface area contributed by atoms with Gasteiger partial charge in [-0.2, -0.15) is 13.2 Å². The molecule has 0 amide bonds. The van der Waals surface area contributed by atoms with Crippen molar-refractivity contribution in [3.63, 3.8) is 0 Å². The highest BCUT2D eigenvalue weighted by Crippen LogP contribution is 2.40. The molecule has 1 fully saturated rings. The molecule has 1 aliphatic rings. The number of hydrogen-bond donors (Lipinski definition) is 1. The Hall–Kier alpha value is -4.18. The minimum Gasteiger partial charge on any atom is -0.457 e. The van der Waals surface area contributed by atoms with E-state index in [9.17, 15) is 22.8 Å². The van der Waals surface area contributed by atoms with Crippen molar-refractivity contribution in [1.82, 2.24) is 0 Å². The summed E-state index contributed by atoms with van der Waals surface area (Å²) in [4.78, 5) is 30.0. The molecule has 7 nitrogen and oxygen atoms in total. The summed E-state index contributed by atoms with van der Waals surface area (Å²) in [7, 11) is 0. The summed E-state index contributed by atoms with van der Waals surface area (Å²) >= 11 is 0. The molecular formula is C26H22F3N3O4. The number of hydrogen-bond acceptors (Lipinski definition) is 6. The van der Waals surface area contributed by atoms with Crippen LogP contribution in [0.4, 0.5) is 24.5 Å². The Labute approximate surface area is 205 Å². The average molecular weight is 497 g/mol. The van der Waals surface area contributed by atoms with Gasteiger partial charge in [-0.1, -0.05) is 48.5 Å². The largest absolute Gasteiger partial charge is 0.490 e. The van der Waals surface area contributed by atoms with Crippen molar-refractivity contribution < 1.29 is 32.2 Å². The third-order valence-corrected chi connectivity index (χ3v) is 5.41. The van der Waals surface area contributed by atoms with Crippen LogP contribution >= 0.6 is 0 Å². The highest BCUT2D eigenvalue weighted by atomic mass is 19.4. The van der Waals surface area contributed by atoms with Crippen LogP contribution < -0.4 is 10.6 Å². The van der Waals surface area contributed by atoms with E-state index in [4.69, 9.17) is 15.5 Å². The number of nitrogens with zero attached hydrogens (tertiary/aromatic N) is 2. The summed E-state index contributed by atoms with van der Waals surface area (Å²) in [5, 5.41) is 0. The van der Waals surface area contributed by atoms with Crippen molar-refractivity contribution in [3.05, 3.63) is 96.1 Å². The van der Waals surface area contributed by atoms with E-state index in [2.05, 4.69) is 9.64 Å². The maximum Gasteiger partial charge on any atom is 0.490 e. The number of alkyl halides is 3. The normalized spacial score (nSPS) is 17.3. The Bertz CT molecular complexity index is 1230. The lowest BCUT2D eigenvalue weighted by Gasteiger charge is -2.44. The molecule has 2 N–H and O–H groups in total. The first-order valence-electron chi connectivity index (χ1n) is 11.0. The van der Waals surface area contributed by atoms with Crippen molar-refractivity contribution in [1.29, 1.82) is 0 Å². The third kappa shape index (κ3) is 5.89. The standard InChI is InChI=1S/C26H22F3N3O4/c27-26(28,29)25(34)36-22(30)16-35-24(33)18-13-11-17(12-14-18)21-15-23(31-19-7-3-1-4-8-19)32(21)20-9-5-2-6-10-20/h1-14,21-22H,15-16,30H2/b31-23+. The number of aliphatic imine (C=N–C) groups is 1. The van der Waals surface area contributed by atoms with Crippen LogP contribution in [0.2, 0.25) is 0 Å². The summed E-state index contributed by atoms with van der Waals surface area (Å²) in [5.74, 6) is -2.35. The summed E-state index contributed by atoms with van der Waals surface area (Å²) in [6.45, 7) is -0.716. The van der Waals surface area contributed by atoms with Gasteiger partial charge in [-0.3, -0.25) is 5.73 Å². The molecule has 2 atom stereocenters. The number of esters is 2. The van der Waals surface area contributed by atoms with Gasteiger partial charge in [-0.05, 0) is 42.0 Å². The molecule has 0 aromatic heterocycles. The zero-order valence-corrected chi connectivity index (χ0v) is 18.9. The Balaban J connectivity index is 1.42. The molecule has 10 heteroatoms. The predicted octanol–water partition coefficient (Wildman–Crippen LogP) is 4.92. The molecule has 3 aromatic carbocycles. The Morgan fingerprint density at radius 3 is 2.19 bits per heavy atom. The molecule has 3 aromatic rings. The topological polar surface area (TPSA) is 94.2 Å². The first-order chi connectivity index (χ1) is 17.2. The molecule has 2 unspecified atom stereocenters. The molecule has 4 rings (SSSR count). The molecule has 1 saturated heterocycles. The minimum absolute atomic E-state index is 0.00450. The third-order valence-electron chi connectivity index (χ3n) is 5.41. The Morgan fingerprint density at radius 1 is 0.972 bits per heavy atom. The van der Waals surface area contributed by atoms with E-state index in [1.807, 2.05) is 60.7 Å². The van der Waals surface area contributed by atoms with Crippen LogP contribution in [-0.4, -0.2) is 36.8 Å². The van der Waals surface area contributed by atoms with E-state index in [0.29, 0.717) is 6.42 Å². The summed E-state index contributed by atoms with van der Waals surface area (Å²) in [6, 6.07) is 26.1. The van der Waals surface area contributed by atoms with Crippen molar-refractivity contribution in [2.75, 3.05) is 11.5 Å². The summed E-state index contributed by atoms with van der Waals surface area (Å²) in [6.07, 6.45) is -6.23. The molecule has 186 valence electrons. The minimum atomic E-state index is -5.18. The smallest absolute Gasteiger partial charge is 0.457 e. The van der Waals surface area contributed by atoms with Crippen LogP contribution in [0.1, 0.15) is 28.4 Å². The zero-order valence-electron chi connectivity index (χ0n) is 18.9. The van der Waals surface area contributed by atoms with Crippen molar-refractivity contribution in [2.24, 2.45) is 10.7 Å². The highest BCUT2D eigenvalue weighted by molar-refractivity contribution is 6.06. The SMILES string of the molecule is NC(COC(=O)c1ccc(C2C/C(=N\c3ccccc3)N2c2ccccc2)cc1)OC(=O)C(F)(F)F. The number of nitrogens with two attached hydrogens (primary N) is 1. The van der Waals surface area contributed by atoms with Crippen LogP contribution in [0.3, 0.4) is 0 Å². The van der Waals surface area contributed by atoms with E-state index in [1.54, 1.807) is 24.3 Å². The van der Waals surface area contributed by atoms with Crippen LogP contribution in [0.25, 0.3) is 0 Å². The number of amidine groups is 1. The molecule has 0 aliphatic carbocycles. The molecule has 36 heavy (non-hydrogen) atoms. The lowest BCUT2D eigenvalue weighted by molar-refractivity contribution is -0.206. The second-order valence-electron chi connectivity index (χ2n) is 7.95. The fourth-order valence-corrected chi connectivity index (χ4v) is 3.69. The average Bonchev–Trinajstić information content (AvgIpc) is 2.85.